The zero-order chi connectivity index (χ0) is 12.1. The van der Waals surface area contributed by atoms with Crippen LogP contribution >= 0.6 is 0 Å². The predicted octanol–water partition coefficient (Wildman–Crippen LogP) is 4.25. The Labute approximate surface area is 97.4 Å². The molecule has 0 N–H and O–H groups in total. The number of hydrogen-bond donors (Lipinski definition) is 0. The van der Waals surface area contributed by atoms with E-state index in [2.05, 4.69) is 40.4 Å². The molecule has 3 heteroatoms. The molecule has 0 amide bonds. The van der Waals surface area contributed by atoms with Crippen molar-refractivity contribution in [1.82, 2.24) is 0 Å². The molecule has 88 valence electrons. The zero-order valence-electron chi connectivity index (χ0n) is 11.6. The summed E-state index contributed by atoms with van der Waals surface area (Å²) in [4.78, 5) is 0. The van der Waals surface area contributed by atoms with Crippen LogP contribution in [-0.2, 0) is 4.74 Å². The third-order valence-electron chi connectivity index (χ3n) is 3.04. The lowest BCUT2D eigenvalue weighted by atomic mass is 9.40. The van der Waals surface area contributed by atoms with E-state index in [-0.39, 0.29) is 0 Å². The van der Waals surface area contributed by atoms with Crippen LogP contribution in [0.5, 0.6) is 0 Å². The lowest BCUT2D eigenvalue weighted by Gasteiger charge is -2.26. The molecule has 0 aromatic carbocycles. The molecule has 0 saturated carbocycles. The van der Waals surface area contributed by atoms with Gasteiger partial charge in [-0.2, -0.15) is 0 Å². The molecule has 0 rings (SSSR count). The summed E-state index contributed by atoms with van der Waals surface area (Å²) in [6.07, 6.45) is 3.60. The molecule has 0 spiro atoms. The predicted molar refractivity (Wildman–Crippen MR) is 74.4 cm³/mol. The van der Waals surface area contributed by atoms with Gasteiger partial charge in [-0.05, 0) is 6.42 Å². The van der Waals surface area contributed by atoms with Gasteiger partial charge < -0.3 is 4.74 Å². The van der Waals surface area contributed by atoms with Crippen molar-refractivity contribution in [2.75, 3.05) is 7.11 Å². The van der Waals surface area contributed by atoms with Gasteiger partial charge in [0.1, 0.15) is 8.07 Å². The van der Waals surface area contributed by atoms with Crippen LogP contribution < -0.4 is 0 Å². The number of ether oxygens (including phenoxy) is 1. The van der Waals surface area contributed by atoms with Gasteiger partial charge in [0.05, 0.1) is 12.5 Å². The van der Waals surface area contributed by atoms with Crippen molar-refractivity contribution in [2.24, 2.45) is 0 Å². The minimum atomic E-state index is -1.31. The van der Waals surface area contributed by atoms with Gasteiger partial charge in [0.2, 0.25) is 0 Å². The molecular formula is C12H27BOSi. The molecule has 1 nitrogen and oxygen atoms in total. The first-order chi connectivity index (χ1) is 6.92. The highest BCUT2D eigenvalue weighted by atomic mass is 28.3. The SMILES string of the molecule is CCB(CC)/C(CC)=C(\OC)[Si](C)(C)C. The zero-order valence-corrected chi connectivity index (χ0v) is 12.6. The summed E-state index contributed by atoms with van der Waals surface area (Å²) in [6, 6.07) is 0. The Morgan fingerprint density at radius 3 is 1.73 bits per heavy atom. The van der Waals surface area contributed by atoms with Crippen LogP contribution in [0.2, 0.25) is 32.3 Å². The summed E-state index contributed by atoms with van der Waals surface area (Å²) in [5, 5.41) is 1.33. The fourth-order valence-corrected chi connectivity index (χ4v) is 4.29. The van der Waals surface area contributed by atoms with E-state index in [0.29, 0.717) is 0 Å². The first kappa shape index (κ1) is 14.8. The normalized spacial score (nSPS) is 13.5. The van der Waals surface area contributed by atoms with Gasteiger partial charge >= 0.3 is 0 Å². The Morgan fingerprint density at radius 1 is 1.07 bits per heavy atom. The van der Waals surface area contributed by atoms with Gasteiger partial charge in [-0.25, -0.2) is 0 Å². The van der Waals surface area contributed by atoms with Gasteiger partial charge in [0.25, 0.3) is 0 Å². The van der Waals surface area contributed by atoms with Crippen LogP contribution in [0.3, 0.4) is 0 Å². The maximum Gasteiger partial charge on any atom is 0.173 e. The van der Waals surface area contributed by atoms with E-state index in [1.807, 2.05) is 7.11 Å². The topological polar surface area (TPSA) is 9.23 Å². The van der Waals surface area contributed by atoms with Gasteiger partial charge in [-0.15, -0.1) is 0 Å². The molecule has 0 atom stereocenters. The standard InChI is InChI=1S/C12H27BOSi/c1-8-11(13(9-2)10-3)12(14-4)15(5,6)7/h8-10H2,1-7H3/b12-11+. The van der Waals surface area contributed by atoms with E-state index < -0.39 is 8.07 Å². The van der Waals surface area contributed by atoms with Crippen molar-refractivity contribution in [3.63, 3.8) is 0 Å². The van der Waals surface area contributed by atoms with Crippen molar-refractivity contribution in [1.29, 1.82) is 0 Å². The molecule has 0 aromatic rings. The molecule has 0 aliphatic rings. The van der Waals surface area contributed by atoms with E-state index >= 15 is 0 Å². The van der Waals surface area contributed by atoms with Crippen LogP contribution in [0.25, 0.3) is 0 Å². The minimum Gasteiger partial charge on any atom is -0.507 e. The van der Waals surface area contributed by atoms with Crippen LogP contribution in [0.4, 0.5) is 0 Å². The molecule has 0 saturated heterocycles. The molecule has 0 heterocycles. The number of hydrogen-bond acceptors (Lipinski definition) is 1. The van der Waals surface area contributed by atoms with Gasteiger partial charge in [-0.1, -0.05) is 58.5 Å². The van der Waals surface area contributed by atoms with Gasteiger partial charge in [0, 0.05) is 0 Å². The molecule has 0 aliphatic heterocycles. The summed E-state index contributed by atoms with van der Waals surface area (Å²) in [5.74, 6) is 0. The maximum atomic E-state index is 5.69. The summed E-state index contributed by atoms with van der Waals surface area (Å²) < 4.78 is 5.69. The van der Waals surface area contributed by atoms with Crippen molar-refractivity contribution in [2.45, 2.75) is 59.5 Å². The van der Waals surface area contributed by atoms with Gasteiger partial charge in [0.15, 0.2) is 6.71 Å². The average molecular weight is 226 g/mol. The highest BCUT2D eigenvalue weighted by Gasteiger charge is 2.27. The van der Waals surface area contributed by atoms with Crippen molar-refractivity contribution < 1.29 is 4.74 Å². The van der Waals surface area contributed by atoms with E-state index in [1.165, 1.54) is 18.0 Å². The smallest absolute Gasteiger partial charge is 0.173 e. The monoisotopic (exact) mass is 226 g/mol. The Hall–Kier alpha value is -0.178. The number of allylic oxidation sites excluding steroid dienone is 1. The highest BCUT2D eigenvalue weighted by Crippen LogP contribution is 2.25. The number of rotatable bonds is 6. The molecule has 0 fully saturated rings. The Kier molecular flexibility index (Phi) is 6.34. The van der Waals surface area contributed by atoms with E-state index in [9.17, 15) is 0 Å². The van der Waals surface area contributed by atoms with Crippen LogP contribution in [0.1, 0.15) is 27.2 Å². The fraction of sp³-hybridized carbons (Fsp3) is 0.833. The lowest BCUT2D eigenvalue weighted by molar-refractivity contribution is 0.312. The second-order valence-electron chi connectivity index (χ2n) is 5.18. The van der Waals surface area contributed by atoms with Crippen molar-refractivity contribution in [3.8, 4) is 0 Å². The second kappa shape index (κ2) is 6.41. The van der Waals surface area contributed by atoms with E-state index in [1.54, 1.807) is 5.47 Å². The first-order valence-corrected chi connectivity index (χ1v) is 9.69. The lowest BCUT2D eigenvalue weighted by Crippen LogP contribution is -2.30. The highest BCUT2D eigenvalue weighted by molar-refractivity contribution is 6.84. The summed E-state index contributed by atoms with van der Waals surface area (Å²) in [7, 11) is 0.530. The van der Waals surface area contributed by atoms with E-state index in [4.69, 9.17) is 4.74 Å². The minimum absolute atomic E-state index is 0.719. The molecule has 0 aromatic heterocycles. The fourth-order valence-electron chi connectivity index (χ4n) is 2.34. The second-order valence-corrected chi connectivity index (χ2v) is 10.1. The molecule has 15 heavy (non-hydrogen) atoms. The Balaban J connectivity index is 5.23. The number of methoxy groups -OCH3 is 1. The quantitative estimate of drug-likeness (QED) is 0.486. The van der Waals surface area contributed by atoms with Crippen LogP contribution in [0, 0.1) is 0 Å². The summed E-state index contributed by atoms with van der Waals surface area (Å²) in [6.45, 7) is 14.6. The van der Waals surface area contributed by atoms with E-state index in [0.717, 1.165) is 13.1 Å². The largest absolute Gasteiger partial charge is 0.507 e. The molecule has 0 unspecified atom stereocenters. The third-order valence-corrected chi connectivity index (χ3v) is 4.92. The first-order valence-electron chi connectivity index (χ1n) is 6.19. The molecule has 0 aliphatic carbocycles. The molecular weight excluding hydrogens is 199 g/mol. The van der Waals surface area contributed by atoms with Crippen molar-refractivity contribution >= 4 is 14.8 Å². The van der Waals surface area contributed by atoms with Gasteiger partial charge in [-0.3, -0.25) is 0 Å². The third kappa shape index (κ3) is 4.06. The maximum absolute atomic E-state index is 5.69. The van der Waals surface area contributed by atoms with Crippen molar-refractivity contribution in [3.05, 3.63) is 10.9 Å². The Morgan fingerprint density at radius 2 is 1.53 bits per heavy atom. The average Bonchev–Trinajstić information content (AvgIpc) is 2.16. The summed E-state index contributed by atoms with van der Waals surface area (Å²) in [5.41, 5.74) is 1.57. The molecule has 0 radical (unpaired) electrons. The van der Waals surface area contributed by atoms with Crippen LogP contribution in [0.15, 0.2) is 10.9 Å². The summed E-state index contributed by atoms with van der Waals surface area (Å²) >= 11 is 0. The molecule has 0 bridgehead atoms. The Bertz CT molecular complexity index is 214. The van der Waals surface area contributed by atoms with Crippen LogP contribution in [-0.4, -0.2) is 21.9 Å².